The highest BCUT2D eigenvalue weighted by atomic mass is 35.5. The van der Waals surface area contributed by atoms with Crippen LogP contribution in [0, 0.1) is 22.7 Å². The molecule has 4 saturated heterocycles. The Bertz CT molecular complexity index is 2010. The van der Waals surface area contributed by atoms with Crippen LogP contribution in [0.3, 0.4) is 0 Å². The zero-order valence-corrected chi connectivity index (χ0v) is 43.7. The van der Waals surface area contributed by atoms with E-state index in [2.05, 4.69) is 0 Å². The molecule has 4 heterocycles. The zero-order valence-electron chi connectivity index (χ0n) is 39.1. The van der Waals surface area contributed by atoms with E-state index in [0.29, 0.717) is 37.2 Å². The Kier molecular flexibility index (Phi) is 21.7. The summed E-state index contributed by atoms with van der Waals surface area (Å²) in [5.74, 6) is -2.44. The van der Waals surface area contributed by atoms with Crippen LogP contribution >= 0.6 is 46.4 Å². The second-order valence-corrected chi connectivity index (χ2v) is 25.2. The average molecular weight is 1170 g/mol. The Morgan fingerprint density at radius 3 is 1.08 bits per heavy atom. The first kappa shape index (κ1) is 64.0. The number of carbonyl (C=O) groups excluding carboxylic acids is 4. The molecular weight excluding hydrogens is 1120 g/mol. The minimum absolute atomic E-state index is 0.133. The minimum Gasteiger partial charge on any atom is -0.447 e. The number of ether oxygens (including phenoxy) is 2. The van der Waals surface area contributed by atoms with Crippen LogP contribution in [0.25, 0.3) is 0 Å². The Morgan fingerprint density at radius 1 is 0.569 bits per heavy atom. The maximum absolute atomic E-state index is 13.1. The highest BCUT2D eigenvalue weighted by Crippen LogP contribution is 2.67. The lowest BCUT2D eigenvalue weighted by Crippen LogP contribution is -2.74. The van der Waals surface area contributed by atoms with Gasteiger partial charge >= 0.3 is 38.8 Å². The van der Waals surface area contributed by atoms with Gasteiger partial charge in [0.2, 0.25) is 0 Å². The molecule has 408 valence electrons. The van der Waals surface area contributed by atoms with Crippen LogP contribution in [0.4, 0.5) is 60.9 Å². The lowest BCUT2D eigenvalue weighted by molar-refractivity contribution is -0.224. The zero-order chi connectivity index (χ0) is 55.2. The minimum atomic E-state index is -6.00. The van der Waals surface area contributed by atoms with Gasteiger partial charge in [0, 0.05) is 60.3 Å². The van der Waals surface area contributed by atoms with Crippen LogP contribution < -0.4 is 0 Å². The van der Waals surface area contributed by atoms with Crippen LogP contribution in [0.2, 0.25) is 0 Å². The molecule has 10 atom stereocenters. The lowest BCUT2D eigenvalue weighted by atomic mass is 9.53. The number of alkyl halides is 10. The maximum atomic E-state index is 13.1. The monoisotopic (exact) mass is 1170 g/mol. The van der Waals surface area contributed by atoms with Crippen molar-refractivity contribution < 1.29 is 89.5 Å². The quantitative estimate of drug-likeness (QED) is 0.0997. The molecule has 10 rings (SSSR count). The third kappa shape index (κ3) is 15.0. The van der Waals surface area contributed by atoms with Crippen LogP contribution in [0.1, 0.15) is 91.9 Å². The van der Waals surface area contributed by atoms with Crippen molar-refractivity contribution >= 4 is 106 Å². The number of esters is 2. The number of benzene rings is 2. The van der Waals surface area contributed by atoms with Crippen LogP contribution in [-0.4, -0.2) is 93.2 Å². The van der Waals surface area contributed by atoms with Crippen molar-refractivity contribution in [2.45, 2.75) is 135 Å². The second-order valence-electron chi connectivity index (χ2n) is 18.7. The van der Waals surface area contributed by atoms with E-state index in [1.54, 1.807) is 13.8 Å². The van der Waals surface area contributed by atoms with Crippen molar-refractivity contribution in [1.29, 1.82) is 0 Å². The van der Waals surface area contributed by atoms with Gasteiger partial charge in [-0.3, -0.25) is 9.59 Å². The molecule has 72 heavy (non-hydrogen) atoms. The molecule has 2 unspecified atom stereocenters. The van der Waals surface area contributed by atoms with Gasteiger partial charge in [0.15, 0.2) is 30.5 Å². The van der Waals surface area contributed by atoms with E-state index in [4.69, 9.17) is 55.9 Å². The summed E-state index contributed by atoms with van der Waals surface area (Å²) in [6.07, 6.45) is -4.07. The van der Waals surface area contributed by atoms with Crippen molar-refractivity contribution in [3.63, 3.8) is 0 Å². The fraction of sp³-hybridized carbons (Fsp3) is 0.636. The Hall–Kier alpha value is -2.27. The highest BCUT2D eigenvalue weighted by molar-refractivity contribution is 7.98. The molecule has 6 nitrogen and oxygen atoms in total. The molecule has 8 fully saturated rings. The number of carbonyl (C=O) groups is 4. The standard InChI is InChI=1S/2C21H24F3O3S.2CH2Cl2.2BF4/c2*1-18(27-17(26)21(22,23)24)12-20-13-28(15-8-4-3-5-9-15)19(18,2)11-14(20)7-6-10-16(20)25;2*2-1-3;2*2-1(3,4)5/h2*3-5,8-9,14H,6-7,10-13H2,1-2H3;2*1H2;;/q2*+1;;;2*-1/t2*14-,18+,19+,20+,28?;;;;/m10..../s1. The van der Waals surface area contributed by atoms with Gasteiger partial charge in [-0.05, 0) is 89.5 Å². The van der Waals surface area contributed by atoms with E-state index in [1.165, 1.54) is 0 Å². The Labute approximate surface area is 433 Å². The van der Waals surface area contributed by atoms with E-state index in [0.717, 1.165) is 35.5 Å². The molecule has 2 aromatic carbocycles. The van der Waals surface area contributed by atoms with E-state index >= 15 is 0 Å². The van der Waals surface area contributed by atoms with Gasteiger partial charge in [0.1, 0.15) is 23.1 Å². The van der Waals surface area contributed by atoms with Crippen molar-refractivity contribution in [1.82, 2.24) is 0 Å². The Balaban J connectivity index is 0.000000293. The number of ketones is 2. The Morgan fingerprint density at radius 2 is 0.833 bits per heavy atom. The molecule has 28 heteroatoms. The summed E-state index contributed by atoms with van der Waals surface area (Å²) in [6, 6.07) is 19.3. The van der Waals surface area contributed by atoms with E-state index in [1.807, 2.05) is 74.5 Å². The van der Waals surface area contributed by atoms with Crippen molar-refractivity contribution in [2.24, 2.45) is 22.7 Å². The first-order valence-corrected chi connectivity index (χ1v) is 27.0. The van der Waals surface area contributed by atoms with E-state index in [9.17, 15) is 80.0 Å². The fourth-order valence-corrected chi connectivity index (χ4v) is 18.4. The smallest absolute Gasteiger partial charge is 0.447 e. The van der Waals surface area contributed by atoms with E-state index < -0.39 is 92.1 Å². The third-order valence-corrected chi connectivity index (χ3v) is 21.1. The van der Waals surface area contributed by atoms with E-state index in [-0.39, 0.29) is 46.9 Å². The topological polar surface area (TPSA) is 86.7 Å². The number of fused-ring (bicyclic) bond motifs is 4. The van der Waals surface area contributed by atoms with Crippen LogP contribution in [0.5, 0.6) is 0 Å². The molecule has 0 amide bonds. The molecular formula is C44H52B2Cl4F14O6S2. The SMILES string of the molecule is C[C@@]1(OC(=O)C(F)(F)F)C[C@@]23C[S+](c4ccccc4)[C@]1(C)C[C@@H]2CCCC3=O.C[C@]1(OC(=O)C(F)(F)F)C[C@]23C[S+](c4ccccc4)[C@@]1(C)C[C@H]2CCCC3=O.ClCCl.ClCCl.F[B-](F)(F)F.F[B-](F)(F)F. The van der Waals surface area contributed by atoms with Crippen LogP contribution in [0.15, 0.2) is 70.5 Å². The average Bonchev–Trinajstić information content (AvgIpc) is 3.23. The van der Waals surface area contributed by atoms with Gasteiger partial charge in [0.05, 0.1) is 21.5 Å². The number of rotatable bonds is 4. The number of halogens is 18. The molecule has 8 aliphatic rings. The van der Waals surface area contributed by atoms with Crippen molar-refractivity contribution in [3.8, 4) is 0 Å². The van der Waals surface area contributed by atoms with Gasteiger partial charge in [-0.15, -0.1) is 46.4 Å². The summed E-state index contributed by atoms with van der Waals surface area (Å²) in [7, 11) is -13.0. The predicted octanol–water partition coefficient (Wildman–Crippen LogP) is 14.3. The highest BCUT2D eigenvalue weighted by Gasteiger charge is 2.78. The summed E-state index contributed by atoms with van der Waals surface area (Å²) in [4.78, 5) is 51.9. The predicted molar refractivity (Wildman–Crippen MR) is 253 cm³/mol. The van der Waals surface area contributed by atoms with Crippen molar-refractivity contribution in [2.75, 3.05) is 22.2 Å². The number of Topliss-reactive ketones (excluding diaryl/α,β-unsaturated/α-hetero) is 2. The molecule has 0 radical (unpaired) electrons. The first-order chi connectivity index (χ1) is 32.9. The van der Waals surface area contributed by atoms with Crippen LogP contribution in [-0.2, 0) is 50.4 Å². The molecule has 4 bridgehead atoms. The molecule has 4 aliphatic carbocycles. The maximum Gasteiger partial charge on any atom is 0.673 e. The van der Waals surface area contributed by atoms with Gasteiger partial charge in [-0.2, -0.15) is 26.3 Å². The second kappa shape index (κ2) is 24.4. The van der Waals surface area contributed by atoms with Crippen molar-refractivity contribution in [3.05, 3.63) is 60.7 Å². The van der Waals surface area contributed by atoms with Gasteiger partial charge in [-0.25, -0.2) is 9.59 Å². The lowest BCUT2D eigenvalue weighted by Gasteiger charge is -2.62. The number of hydrogen-bond acceptors (Lipinski definition) is 6. The molecule has 4 aliphatic heterocycles. The summed E-state index contributed by atoms with van der Waals surface area (Å²) < 4.78 is 165. The molecule has 2 aromatic rings. The normalized spacial score (nSPS) is 33.4. The molecule has 0 aromatic heterocycles. The summed E-state index contributed by atoms with van der Waals surface area (Å²) in [5, 5.41) is 0.389. The van der Waals surface area contributed by atoms with Gasteiger partial charge in [-0.1, -0.05) is 36.4 Å². The van der Waals surface area contributed by atoms with Gasteiger partial charge < -0.3 is 44.0 Å². The summed E-state index contributed by atoms with van der Waals surface area (Å²) >= 11 is 19.1. The third-order valence-electron chi connectivity index (χ3n) is 14.4. The summed E-state index contributed by atoms with van der Waals surface area (Å²) in [6.45, 7) is 7.13. The summed E-state index contributed by atoms with van der Waals surface area (Å²) in [5.41, 5.74) is -4.04. The first-order valence-electron chi connectivity index (χ1n) is 22.0. The molecule has 2 spiro atoms. The largest absolute Gasteiger partial charge is 0.673 e. The molecule has 4 saturated carbocycles. The number of hydrogen-bond donors (Lipinski definition) is 0. The fourth-order valence-electron chi connectivity index (χ4n) is 11.3. The molecule has 0 N–H and O–H groups in total. The van der Waals surface area contributed by atoms with Gasteiger partial charge in [0.25, 0.3) is 0 Å².